The molecule has 144 valence electrons. The van der Waals surface area contributed by atoms with Crippen molar-refractivity contribution < 1.29 is 13.9 Å². The van der Waals surface area contributed by atoms with Gasteiger partial charge in [0.25, 0.3) is 5.91 Å². The van der Waals surface area contributed by atoms with Crippen LogP contribution in [0.2, 0.25) is 0 Å². The molecule has 4 aromatic rings. The van der Waals surface area contributed by atoms with Crippen LogP contribution in [0.4, 0.5) is 5.82 Å². The van der Waals surface area contributed by atoms with Crippen LogP contribution >= 0.6 is 0 Å². The Morgan fingerprint density at radius 1 is 1.25 bits per heavy atom. The van der Waals surface area contributed by atoms with E-state index in [-0.39, 0.29) is 5.91 Å². The third-order valence-electron chi connectivity index (χ3n) is 4.29. The van der Waals surface area contributed by atoms with Gasteiger partial charge in [0.05, 0.1) is 24.7 Å². The summed E-state index contributed by atoms with van der Waals surface area (Å²) in [5.41, 5.74) is 1.39. The molecule has 2 N–H and O–H groups in total. The summed E-state index contributed by atoms with van der Waals surface area (Å²) in [6.45, 7) is 2.09. The summed E-state index contributed by atoms with van der Waals surface area (Å²) in [6.07, 6.45) is 3.20. The fraction of sp³-hybridized carbons (Fsp3) is 0.263. The van der Waals surface area contributed by atoms with Crippen molar-refractivity contribution in [2.45, 2.75) is 6.54 Å². The molecular weight excluding hydrogens is 360 g/mol. The van der Waals surface area contributed by atoms with Gasteiger partial charge in [-0.05, 0) is 12.1 Å². The lowest BCUT2D eigenvalue weighted by molar-refractivity contribution is 0.0926. The van der Waals surface area contributed by atoms with Gasteiger partial charge in [0, 0.05) is 25.6 Å². The van der Waals surface area contributed by atoms with Crippen molar-refractivity contribution in [2.24, 2.45) is 0 Å². The molecule has 9 heteroatoms. The third-order valence-corrected chi connectivity index (χ3v) is 4.29. The van der Waals surface area contributed by atoms with E-state index in [1.807, 2.05) is 24.3 Å². The minimum Gasteiger partial charge on any atom is -0.451 e. The average molecular weight is 380 g/mol. The number of anilines is 1. The Labute approximate surface area is 160 Å². The molecule has 0 atom stereocenters. The van der Waals surface area contributed by atoms with E-state index in [1.165, 1.54) is 6.33 Å². The number of ether oxygens (including phenoxy) is 1. The van der Waals surface area contributed by atoms with Crippen LogP contribution in [-0.4, -0.2) is 52.5 Å². The molecular formula is C19H20N6O3. The van der Waals surface area contributed by atoms with Crippen LogP contribution in [0.25, 0.3) is 22.0 Å². The highest BCUT2D eigenvalue weighted by Gasteiger charge is 2.13. The lowest BCUT2D eigenvalue weighted by atomic mass is 10.2. The number of furan rings is 1. The molecule has 0 unspecified atom stereocenters. The van der Waals surface area contributed by atoms with Gasteiger partial charge in [-0.1, -0.05) is 18.2 Å². The number of carbonyl (C=O) groups excluding carboxylic acids is 1. The minimum atomic E-state index is -0.260. The van der Waals surface area contributed by atoms with Crippen molar-refractivity contribution >= 4 is 33.7 Å². The first-order valence-corrected chi connectivity index (χ1v) is 8.92. The van der Waals surface area contributed by atoms with Crippen molar-refractivity contribution in [1.29, 1.82) is 0 Å². The maximum Gasteiger partial charge on any atom is 0.287 e. The Hall–Kier alpha value is -3.46. The zero-order chi connectivity index (χ0) is 19.3. The van der Waals surface area contributed by atoms with Crippen molar-refractivity contribution in [1.82, 2.24) is 25.1 Å². The van der Waals surface area contributed by atoms with E-state index < -0.39 is 0 Å². The van der Waals surface area contributed by atoms with Gasteiger partial charge in [-0.25, -0.2) is 14.6 Å². The second kappa shape index (κ2) is 8.05. The zero-order valence-corrected chi connectivity index (χ0v) is 15.4. The minimum absolute atomic E-state index is 0.260. The highest BCUT2D eigenvalue weighted by atomic mass is 16.5. The van der Waals surface area contributed by atoms with E-state index in [1.54, 1.807) is 24.1 Å². The number of fused-ring (bicyclic) bond motifs is 2. The maximum atomic E-state index is 12.3. The van der Waals surface area contributed by atoms with Gasteiger partial charge < -0.3 is 19.8 Å². The number of para-hydroxylation sites is 1. The topological polar surface area (TPSA) is 107 Å². The maximum absolute atomic E-state index is 12.3. The van der Waals surface area contributed by atoms with E-state index in [9.17, 15) is 4.79 Å². The highest BCUT2D eigenvalue weighted by Crippen LogP contribution is 2.19. The Morgan fingerprint density at radius 3 is 3.00 bits per heavy atom. The number of nitrogens with zero attached hydrogens (tertiary/aromatic N) is 4. The first-order valence-electron chi connectivity index (χ1n) is 8.92. The lowest BCUT2D eigenvalue weighted by Gasteiger charge is -2.07. The molecule has 1 amide bonds. The predicted molar refractivity (Wildman–Crippen MR) is 104 cm³/mol. The van der Waals surface area contributed by atoms with Crippen molar-refractivity contribution in [3.63, 3.8) is 0 Å². The van der Waals surface area contributed by atoms with Crippen molar-refractivity contribution in [2.75, 3.05) is 32.1 Å². The summed E-state index contributed by atoms with van der Waals surface area (Å²) >= 11 is 0. The predicted octanol–water partition coefficient (Wildman–Crippen LogP) is 2.06. The van der Waals surface area contributed by atoms with Gasteiger partial charge in [-0.3, -0.25) is 4.79 Å². The fourth-order valence-electron chi connectivity index (χ4n) is 2.93. The summed E-state index contributed by atoms with van der Waals surface area (Å²) in [5.74, 6) is 0.738. The first kappa shape index (κ1) is 17.9. The first-order chi connectivity index (χ1) is 13.8. The molecule has 0 radical (unpaired) electrons. The van der Waals surface area contributed by atoms with Crippen LogP contribution in [0.15, 0.2) is 47.3 Å². The summed E-state index contributed by atoms with van der Waals surface area (Å²) in [7, 11) is 1.65. The standard InChI is InChI=1S/C19H20N6O3/c1-27-9-7-20-17-14-11-24-25(18(14)23-12-22-17)8-6-21-19(26)16-10-13-4-2-3-5-15(13)28-16/h2-5,10-12H,6-9H2,1H3,(H,21,26)(H,20,22,23). The van der Waals surface area contributed by atoms with E-state index in [0.29, 0.717) is 49.0 Å². The van der Waals surface area contributed by atoms with E-state index in [0.717, 1.165) is 10.8 Å². The smallest absolute Gasteiger partial charge is 0.287 e. The number of rotatable bonds is 8. The number of nitrogens with one attached hydrogen (secondary N) is 2. The van der Waals surface area contributed by atoms with Gasteiger partial charge >= 0.3 is 0 Å². The van der Waals surface area contributed by atoms with Crippen LogP contribution in [-0.2, 0) is 11.3 Å². The molecule has 3 heterocycles. The molecule has 0 aliphatic heterocycles. The molecule has 0 bridgehead atoms. The molecule has 4 rings (SSSR count). The number of amides is 1. The highest BCUT2D eigenvalue weighted by molar-refractivity contribution is 5.96. The zero-order valence-electron chi connectivity index (χ0n) is 15.4. The summed E-state index contributed by atoms with van der Waals surface area (Å²) in [4.78, 5) is 20.9. The molecule has 3 aromatic heterocycles. The quantitative estimate of drug-likeness (QED) is 0.451. The number of carbonyl (C=O) groups is 1. The fourth-order valence-corrected chi connectivity index (χ4v) is 2.93. The summed E-state index contributed by atoms with van der Waals surface area (Å²) in [6, 6.07) is 9.25. The van der Waals surface area contributed by atoms with E-state index >= 15 is 0 Å². The number of benzene rings is 1. The molecule has 0 fully saturated rings. The van der Waals surface area contributed by atoms with Gasteiger partial charge in [0.1, 0.15) is 17.7 Å². The van der Waals surface area contributed by atoms with Crippen molar-refractivity contribution in [3.05, 3.63) is 48.6 Å². The molecule has 0 aliphatic carbocycles. The average Bonchev–Trinajstić information content (AvgIpc) is 3.33. The van der Waals surface area contributed by atoms with Gasteiger partial charge in [-0.2, -0.15) is 5.10 Å². The Kier molecular flexibility index (Phi) is 5.16. The summed E-state index contributed by atoms with van der Waals surface area (Å²) < 4.78 is 12.3. The van der Waals surface area contributed by atoms with Crippen LogP contribution < -0.4 is 10.6 Å². The molecule has 0 saturated heterocycles. The normalized spacial score (nSPS) is 11.2. The number of methoxy groups -OCH3 is 1. The van der Waals surface area contributed by atoms with Crippen LogP contribution in [0, 0.1) is 0 Å². The Morgan fingerprint density at radius 2 is 2.14 bits per heavy atom. The molecule has 9 nitrogen and oxygen atoms in total. The second-order valence-electron chi connectivity index (χ2n) is 6.15. The molecule has 28 heavy (non-hydrogen) atoms. The summed E-state index contributed by atoms with van der Waals surface area (Å²) in [5, 5.41) is 12.1. The molecule has 1 aromatic carbocycles. The van der Waals surface area contributed by atoms with Crippen molar-refractivity contribution in [3.8, 4) is 0 Å². The molecule has 0 saturated carbocycles. The van der Waals surface area contributed by atoms with Crippen LogP contribution in [0.5, 0.6) is 0 Å². The van der Waals surface area contributed by atoms with E-state index in [4.69, 9.17) is 9.15 Å². The molecule has 0 aliphatic rings. The van der Waals surface area contributed by atoms with Crippen LogP contribution in [0.3, 0.4) is 0 Å². The van der Waals surface area contributed by atoms with Crippen LogP contribution in [0.1, 0.15) is 10.6 Å². The monoisotopic (exact) mass is 380 g/mol. The Balaban J connectivity index is 1.40. The number of hydrogen-bond donors (Lipinski definition) is 2. The largest absolute Gasteiger partial charge is 0.451 e. The third kappa shape index (κ3) is 3.65. The van der Waals surface area contributed by atoms with Gasteiger partial charge in [0.15, 0.2) is 11.4 Å². The number of hydrogen-bond acceptors (Lipinski definition) is 7. The van der Waals surface area contributed by atoms with Gasteiger partial charge in [0.2, 0.25) is 0 Å². The number of aromatic nitrogens is 4. The SMILES string of the molecule is COCCNc1ncnc2c1cnn2CCNC(=O)c1cc2ccccc2o1. The van der Waals surface area contributed by atoms with E-state index in [2.05, 4.69) is 25.7 Å². The lowest BCUT2D eigenvalue weighted by Crippen LogP contribution is -2.27. The van der Waals surface area contributed by atoms with Gasteiger partial charge in [-0.15, -0.1) is 0 Å². The second-order valence-corrected chi connectivity index (χ2v) is 6.15. The molecule has 0 spiro atoms. The Bertz CT molecular complexity index is 1070.